The molecule has 3 nitrogen and oxygen atoms in total. The van der Waals surface area contributed by atoms with Gasteiger partial charge in [-0.3, -0.25) is 0 Å². The normalized spacial score (nSPS) is 24.7. The van der Waals surface area contributed by atoms with Crippen molar-refractivity contribution < 1.29 is 9.84 Å². The summed E-state index contributed by atoms with van der Waals surface area (Å²) < 4.78 is 5.30. The summed E-state index contributed by atoms with van der Waals surface area (Å²) in [6, 6.07) is 6.01. The van der Waals surface area contributed by atoms with Crippen molar-refractivity contribution in [2.75, 3.05) is 13.7 Å². The van der Waals surface area contributed by atoms with Gasteiger partial charge in [-0.1, -0.05) is 12.1 Å². The van der Waals surface area contributed by atoms with Crippen LogP contribution in [0, 0.1) is 0 Å². The Morgan fingerprint density at radius 2 is 2.33 bits per heavy atom. The average molecular weight is 207 g/mol. The van der Waals surface area contributed by atoms with Crippen LogP contribution in [0.3, 0.4) is 0 Å². The average Bonchev–Trinajstić information content (AvgIpc) is 2.28. The smallest absolute Gasteiger partial charge is 0.122 e. The van der Waals surface area contributed by atoms with Crippen LogP contribution in [-0.2, 0) is 12.8 Å². The molecule has 1 unspecified atom stereocenters. The van der Waals surface area contributed by atoms with Crippen LogP contribution >= 0.6 is 0 Å². The molecule has 1 aliphatic carbocycles. The van der Waals surface area contributed by atoms with Crippen molar-refractivity contribution in [1.82, 2.24) is 0 Å². The second-order valence-corrected chi connectivity index (χ2v) is 4.20. The van der Waals surface area contributed by atoms with Gasteiger partial charge in [-0.05, 0) is 24.5 Å². The first kappa shape index (κ1) is 10.5. The molecule has 3 heteroatoms. The molecular formula is C12H17NO2. The Morgan fingerprint density at radius 1 is 1.53 bits per heavy atom. The summed E-state index contributed by atoms with van der Waals surface area (Å²) in [4.78, 5) is 0. The van der Waals surface area contributed by atoms with E-state index in [9.17, 15) is 5.11 Å². The molecule has 82 valence electrons. The van der Waals surface area contributed by atoms with Gasteiger partial charge >= 0.3 is 0 Å². The summed E-state index contributed by atoms with van der Waals surface area (Å²) in [5, 5.41) is 10.2. The lowest BCUT2D eigenvalue weighted by Gasteiger charge is -2.33. The summed E-state index contributed by atoms with van der Waals surface area (Å²) in [5.74, 6) is 0.860. The van der Waals surface area contributed by atoms with Crippen molar-refractivity contribution in [3.05, 3.63) is 29.3 Å². The summed E-state index contributed by atoms with van der Waals surface area (Å²) >= 11 is 0. The van der Waals surface area contributed by atoms with E-state index in [1.807, 2.05) is 12.1 Å². The number of aliphatic hydroxyl groups is 1. The number of nitrogens with two attached hydrogens (primary N) is 1. The first-order valence-corrected chi connectivity index (χ1v) is 5.26. The quantitative estimate of drug-likeness (QED) is 0.756. The van der Waals surface area contributed by atoms with E-state index in [-0.39, 0.29) is 0 Å². The first-order chi connectivity index (χ1) is 7.18. The minimum atomic E-state index is -0.748. The van der Waals surface area contributed by atoms with E-state index < -0.39 is 5.60 Å². The highest BCUT2D eigenvalue weighted by Gasteiger charge is 2.32. The van der Waals surface area contributed by atoms with E-state index in [1.54, 1.807) is 7.11 Å². The Bertz CT molecular complexity index is 350. The van der Waals surface area contributed by atoms with Gasteiger partial charge in [-0.2, -0.15) is 0 Å². The van der Waals surface area contributed by atoms with Crippen LogP contribution in [-0.4, -0.2) is 24.4 Å². The number of hydrogen-bond acceptors (Lipinski definition) is 3. The Kier molecular flexibility index (Phi) is 2.67. The molecule has 1 aromatic carbocycles. The summed E-state index contributed by atoms with van der Waals surface area (Å²) in [7, 11) is 1.66. The molecule has 2 rings (SSSR count). The molecule has 0 aliphatic heterocycles. The largest absolute Gasteiger partial charge is 0.496 e. The van der Waals surface area contributed by atoms with Crippen LogP contribution in [0.15, 0.2) is 18.2 Å². The molecule has 0 spiro atoms. The van der Waals surface area contributed by atoms with Crippen molar-refractivity contribution >= 4 is 0 Å². The van der Waals surface area contributed by atoms with Gasteiger partial charge in [0.25, 0.3) is 0 Å². The molecule has 0 amide bonds. The predicted octanol–water partition coefficient (Wildman–Crippen LogP) is 0.874. The number of benzene rings is 1. The van der Waals surface area contributed by atoms with E-state index in [2.05, 4.69) is 6.07 Å². The molecule has 1 aliphatic rings. The molecule has 0 saturated heterocycles. The highest BCUT2D eigenvalue weighted by molar-refractivity contribution is 5.43. The lowest BCUT2D eigenvalue weighted by molar-refractivity contribution is 0.0346. The molecule has 0 radical (unpaired) electrons. The molecule has 0 aromatic heterocycles. The summed E-state index contributed by atoms with van der Waals surface area (Å²) in [6.07, 6.45) is 2.22. The van der Waals surface area contributed by atoms with Crippen LogP contribution in [0.4, 0.5) is 0 Å². The van der Waals surface area contributed by atoms with Gasteiger partial charge in [0.05, 0.1) is 12.7 Å². The van der Waals surface area contributed by atoms with Crippen molar-refractivity contribution in [3.8, 4) is 5.75 Å². The fourth-order valence-electron chi connectivity index (χ4n) is 2.20. The Balaban J connectivity index is 2.38. The zero-order valence-corrected chi connectivity index (χ0v) is 8.99. The number of rotatable bonds is 2. The fourth-order valence-corrected chi connectivity index (χ4v) is 2.20. The fraction of sp³-hybridized carbons (Fsp3) is 0.500. The topological polar surface area (TPSA) is 55.5 Å². The summed E-state index contributed by atoms with van der Waals surface area (Å²) in [5.41, 5.74) is 7.23. The Hall–Kier alpha value is -1.06. The third-order valence-electron chi connectivity index (χ3n) is 3.20. The highest BCUT2D eigenvalue weighted by atomic mass is 16.5. The van der Waals surface area contributed by atoms with Gasteiger partial charge in [0, 0.05) is 18.5 Å². The van der Waals surface area contributed by atoms with E-state index >= 15 is 0 Å². The predicted molar refractivity (Wildman–Crippen MR) is 59.0 cm³/mol. The molecule has 0 heterocycles. The van der Waals surface area contributed by atoms with Crippen LogP contribution in [0.25, 0.3) is 0 Å². The monoisotopic (exact) mass is 207 g/mol. The van der Waals surface area contributed by atoms with Gasteiger partial charge < -0.3 is 15.6 Å². The van der Waals surface area contributed by atoms with Crippen LogP contribution in [0.1, 0.15) is 17.5 Å². The van der Waals surface area contributed by atoms with Crippen LogP contribution < -0.4 is 10.5 Å². The van der Waals surface area contributed by atoms with E-state index in [1.165, 1.54) is 5.56 Å². The van der Waals surface area contributed by atoms with Gasteiger partial charge in [0.2, 0.25) is 0 Å². The molecule has 3 N–H and O–H groups in total. The molecule has 15 heavy (non-hydrogen) atoms. The van der Waals surface area contributed by atoms with Crippen molar-refractivity contribution in [1.29, 1.82) is 0 Å². The van der Waals surface area contributed by atoms with Crippen LogP contribution in [0.5, 0.6) is 5.75 Å². The second-order valence-electron chi connectivity index (χ2n) is 4.20. The van der Waals surface area contributed by atoms with E-state index in [0.717, 1.165) is 24.2 Å². The molecule has 0 saturated carbocycles. The zero-order valence-electron chi connectivity index (χ0n) is 8.99. The third-order valence-corrected chi connectivity index (χ3v) is 3.20. The first-order valence-electron chi connectivity index (χ1n) is 5.26. The Morgan fingerprint density at radius 3 is 3.00 bits per heavy atom. The molecular weight excluding hydrogens is 190 g/mol. The second kappa shape index (κ2) is 3.83. The lowest BCUT2D eigenvalue weighted by Crippen LogP contribution is -2.43. The van der Waals surface area contributed by atoms with Gasteiger partial charge in [-0.15, -0.1) is 0 Å². The molecule has 1 aromatic rings. The molecule has 1 atom stereocenters. The minimum absolute atomic E-state index is 0.310. The standard InChI is InChI=1S/C12H17NO2/c1-15-11-4-2-3-9-5-6-12(14,8-13)7-10(9)11/h2-4,14H,5-8,13H2,1H3. The maximum Gasteiger partial charge on any atom is 0.122 e. The zero-order chi connectivity index (χ0) is 10.9. The SMILES string of the molecule is COc1cccc2c1CC(O)(CN)CC2. The molecule has 0 fully saturated rings. The Labute approximate surface area is 89.9 Å². The van der Waals surface area contributed by atoms with Gasteiger partial charge in [-0.25, -0.2) is 0 Å². The van der Waals surface area contributed by atoms with Gasteiger partial charge in [0.1, 0.15) is 5.75 Å². The lowest BCUT2D eigenvalue weighted by atomic mass is 9.80. The maximum absolute atomic E-state index is 10.2. The third kappa shape index (κ3) is 1.85. The van der Waals surface area contributed by atoms with Crippen molar-refractivity contribution in [3.63, 3.8) is 0 Å². The van der Waals surface area contributed by atoms with Crippen LogP contribution in [0.2, 0.25) is 0 Å². The number of aryl methyl sites for hydroxylation is 1. The summed E-state index contributed by atoms with van der Waals surface area (Å²) in [6.45, 7) is 0.310. The maximum atomic E-state index is 10.2. The minimum Gasteiger partial charge on any atom is -0.496 e. The number of hydrogen-bond donors (Lipinski definition) is 2. The van der Waals surface area contributed by atoms with Gasteiger partial charge in [0.15, 0.2) is 0 Å². The molecule has 0 bridgehead atoms. The number of methoxy groups -OCH3 is 1. The van der Waals surface area contributed by atoms with Crippen molar-refractivity contribution in [2.45, 2.75) is 24.9 Å². The number of fused-ring (bicyclic) bond motifs is 1. The van der Waals surface area contributed by atoms with E-state index in [0.29, 0.717) is 13.0 Å². The van der Waals surface area contributed by atoms with Crippen molar-refractivity contribution in [2.24, 2.45) is 5.73 Å². The number of ether oxygens (including phenoxy) is 1. The highest BCUT2D eigenvalue weighted by Crippen LogP contribution is 2.33. The van der Waals surface area contributed by atoms with E-state index in [4.69, 9.17) is 10.5 Å².